The molecule has 286 valence electrons. The number of nitrogens with one attached hydrogen (secondary N) is 1. The van der Waals surface area contributed by atoms with E-state index in [2.05, 4.69) is 46.3 Å². The maximum atomic E-state index is 14.9. The molecule has 4 heterocycles. The third kappa shape index (κ3) is 4.12. The van der Waals surface area contributed by atoms with Crippen molar-refractivity contribution in [1.29, 1.82) is 0 Å². The number of likely N-dealkylation sites (N-methyl/N-ethyl adjacent to an activating group) is 1. The predicted octanol–water partition coefficient (Wildman–Crippen LogP) is 5.26. The number of aliphatic hydroxyl groups is 1. The zero-order chi connectivity index (χ0) is 37.9. The minimum absolute atomic E-state index is 0.248. The second-order valence-electron chi connectivity index (χ2n) is 16.7. The standard InChI is InChI=1S/C43H51N3O8/c1-7-40-17-12-19-46-20-18-41(35(40)46)28-21-29(32(51-4)22-31(28)45(3)36(41)43(50,39(49)53-6)37(40)54-24(2)47)42(38(48)52-5)23-25-13-8-9-14-26(25)33-27-15-10-11-16-30(27)44-34(33)42/h10-12,15-17,21-22,25-26,35-37,44,50H,7-9,13-14,18-20,23H2,1-6H3/t25-,26-,35-,36+,37+,40+,41+,42-,43-/m0/s1. The number of methoxy groups -OCH3 is 3. The van der Waals surface area contributed by atoms with Crippen molar-refractivity contribution in [2.45, 2.75) is 99.3 Å². The van der Waals surface area contributed by atoms with Crippen molar-refractivity contribution < 1.29 is 38.4 Å². The van der Waals surface area contributed by atoms with Crippen LogP contribution < -0.4 is 9.64 Å². The van der Waals surface area contributed by atoms with Crippen LogP contribution in [0.2, 0.25) is 0 Å². The maximum Gasteiger partial charge on any atom is 0.344 e. The Morgan fingerprint density at radius 2 is 1.76 bits per heavy atom. The fourth-order valence-electron chi connectivity index (χ4n) is 13.0. The van der Waals surface area contributed by atoms with Crippen molar-refractivity contribution in [1.82, 2.24) is 9.88 Å². The minimum Gasteiger partial charge on any atom is -0.496 e. The number of hydrogen-bond acceptors (Lipinski definition) is 10. The predicted molar refractivity (Wildman–Crippen MR) is 202 cm³/mol. The van der Waals surface area contributed by atoms with E-state index in [-0.39, 0.29) is 17.9 Å². The van der Waals surface area contributed by atoms with Crippen LogP contribution in [-0.2, 0) is 39.4 Å². The van der Waals surface area contributed by atoms with Gasteiger partial charge in [-0.3, -0.25) is 14.5 Å². The molecule has 2 aromatic carbocycles. The number of hydrogen-bond donors (Lipinski definition) is 2. The zero-order valence-electron chi connectivity index (χ0n) is 32.1. The number of benzene rings is 2. The first-order chi connectivity index (χ1) is 26.0. The van der Waals surface area contributed by atoms with Crippen LogP contribution in [0.3, 0.4) is 0 Å². The van der Waals surface area contributed by atoms with Crippen molar-refractivity contribution in [3.8, 4) is 5.75 Å². The van der Waals surface area contributed by atoms with Crippen LogP contribution in [0.4, 0.5) is 5.69 Å². The van der Waals surface area contributed by atoms with Crippen molar-refractivity contribution in [2.75, 3.05) is 46.4 Å². The van der Waals surface area contributed by atoms with Crippen LogP contribution in [0.1, 0.15) is 87.1 Å². The number of anilines is 1. The summed E-state index contributed by atoms with van der Waals surface area (Å²) in [4.78, 5) is 50.2. The van der Waals surface area contributed by atoms with Crippen LogP contribution >= 0.6 is 0 Å². The molecule has 2 N–H and O–H groups in total. The summed E-state index contributed by atoms with van der Waals surface area (Å²) in [5.41, 5.74) is 0.217. The van der Waals surface area contributed by atoms with Crippen LogP contribution in [0.15, 0.2) is 48.6 Å². The molecule has 11 heteroatoms. The molecule has 6 aliphatic rings. The quantitative estimate of drug-likeness (QED) is 0.196. The minimum atomic E-state index is -2.25. The van der Waals surface area contributed by atoms with E-state index in [0.717, 1.165) is 53.5 Å². The smallest absolute Gasteiger partial charge is 0.344 e. The first-order valence-corrected chi connectivity index (χ1v) is 19.5. The molecule has 0 amide bonds. The fraction of sp³-hybridized carbons (Fsp3) is 0.558. The molecule has 1 saturated heterocycles. The molecule has 3 fully saturated rings. The summed E-state index contributed by atoms with van der Waals surface area (Å²) in [6.45, 7) is 4.72. The molecule has 9 rings (SSSR count). The Hall–Kier alpha value is -4.35. The van der Waals surface area contributed by atoms with Gasteiger partial charge in [-0.15, -0.1) is 0 Å². The Labute approximate surface area is 315 Å². The van der Waals surface area contributed by atoms with E-state index in [1.54, 1.807) is 7.11 Å². The number of rotatable bonds is 6. The van der Waals surface area contributed by atoms with Gasteiger partial charge >= 0.3 is 17.9 Å². The summed E-state index contributed by atoms with van der Waals surface area (Å²) in [6.07, 6.45) is 8.90. The van der Waals surface area contributed by atoms with Crippen LogP contribution in [0.25, 0.3) is 10.9 Å². The topological polar surface area (TPSA) is 131 Å². The van der Waals surface area contributed by atoms with Gasteiger partial charge in [0.2, 0.25) is 5.60 Å². The fourth-order valence-corrected chi connectivity index (χ4v) is 13.0. The van der Waals surface area contributed by atoms with E-state index >= 15 is 0 Å². The van der Waals surface area contributed by atoms with Gasteiger partial charge in [0, 0.05) is 71.3 Å². The highest BCUT2D eigenvalue weighted by atomic mass is 16.6. The highest BCUT2D eigenvalue weighted by Gasteiger charge is 2.80. The first-order valence-electron chi connectivity index (χ1n) is 19.5. The lowest BCUT2D eigenvalue weighted by Gasteiger charge is -2.63. The number of ether oxygens (including phenoxy) is 4. The molecular weight excluding hydrogens is 686 g/mol. The Morgan fingerprint density at radius 3 is 2.48 bits per heavy atom. The van der Waals surface area contributed by atoms with Gasteiger partial charge < -0.3 is 33.9 Å². The number of para-hydroxylation sites is 1. The first kappa shape index (κ1) is 35.4. The number of carbonyl (C=O) groups excluding carboxylic acids is 3. The maximum absolute atomic E-state index is 14.9. The van der Waals surface area contributed by atoms with Crippen molar-refractivity contribution >= 4 is 34.5 Å². The van der Waals surface area contributed by atoms with E-state index in [9.17, 15) is 19.5 Å². The molecule has 3 aliphatic carbocycles. The van der Waals surface area contributed by atoms with E-state index in [0.29, 0.717) is 49.6 Å². The van der Waals surface area contributed by atoms with Crippen LogP contribution in [0, 0.1) is 11.3 Å². The van der Waals surface area contributed by atoms with Crippen LogP contribution in [0.5, 0.6) is 5.75 Å². The lowest BCUT2D eigenvalue weighted by molar-refractivity contribution is -0.228. The number of esters is 3. The van der Waals surface area contributed by atoms with Crippen LogP contribution in [-0.4, -0.2) is 98.2 Å². The van der Waals surface area contributed by atoms with Crippen molar-refractivity contribution in [3.63, 3.8) is 0 Å². The average Bonchev–Trinajstić information content (AvgIpc) is 3.85. The van der Waals surface area contributed by atoms with E-state index in [1.165, 1.54) is 26.7 Å². The van der Waals surface area contributed by atoms with Gasteiger partial charge in [-0.25, -0.2) is 4.79 Å². The third-order valence-corrected chi connectivity index (χ3v) is 14.7. The summed E-state index contributed by atoms with van der Waals surface area (Å²) in [6, 6.07) is 11.3. The molecule has 0 bridgehead atoms. The summed E-state index contributed by atoms with van der Waals surface area (Å²) in [7, 11) is 6.24. The van der Waals surface area contributed by atoms with Crippen molar-refractivity contribution in [3.05, 3.63) is 70.9 Å². The largest absolute Gasteiger partial charge is 0.496 e. The van der Waals surface area contributed by atoms with Gasteiger partial charge in [0.25, 0.3) is 0 Å². The number of H-pyrrole nitrogens is 1. The Balaban J connectivity index is 1.36. The summed E-state index contributed by atoms with van der Waals surface area (Å²) in [5.74, 6) is -0.694. The Kier molecular flexibility index (Phi) is 7.91. The normalized spacial score (nSPS) is 36.1. The molecule has 11 nitrogen and oxygen atoms in total. The number of fused-ring (bicyclic) bond motifs is 6. The summed E-state index contributed by atoms with van der Waals surface area (Å²) >= 11 is 0. The molecule has 3 aromatic rings. The van der Waals surface area contributed by atoms with E-state index in [1.807, 2.05) is 31.0 Å². The number of nitrogens with zero attached hydrogens (tertiary/aromatic N) is 2. The molecule has 2 saturated carbocycles. The number of carbonyl (C=O) groups is 3. The number of aromatic amines is 1. The monoisotopic (exact) mass is 737 g/mol. The lowest BCUT2D eigenvalue weighted by Crippen LogP contribution is -2.81. The third-order valence-electron chi connectivity index (χ3n) is 14.7. The second kappa shape index (κ2) is 12.1. The highest BCUT2D eigenvalue weighted by molar-refractivity contribution is 5.95. The van der Waals surface area contributed by atoms with Gasteiger partial charge in [0.05, 0.1) is 27.4 Å². The zero-order valence-corrected chi connectivity index (χ0v) is 32.1. The molecular formula is C43H51N3O8. The molecule has 1 spiro atoms. The molecule has 9 atom stereocenters. The Morgan fingerprint density at radius 1 is 1.00 bits per heavy atom. The molecule has 54 heavy (non-hydrogen) atoms. The summed E-state index contributed by atoms with van der Waals surface area (Å²) < 4.78 is 23.7. The van der Waals surface area contributed by atoms with Crippen molar-refractivity contribution in [2.24, 2.45) is 11.3 Å². The SMILES string of the molecule is CC[C@]12C=CCN3CC[C@@]4(c5cc([C@@]6(C(=O)OC)C[C@@H]7CCCC[C@@H]7c7c6[nH]c6ccccc76)c(OC)cc5N(C)[C@H]4[C@@](O)(C(=O)OC)[C@@H]1OC(C)=O)[C@@H]32. The average molecular weight is 738 g/mol. The van der Waals surface area contributed by atoms with Gasteiger partial charge in [0.15, 0.2) is 6.10 Å². The lowest BCUT2D eigenvalue weighted by atomic mass is 9.47. The Bertz CT molecular complexity index is 2110. The van der Waals surface area contributed by atoms with E-state index < -0.39 is 45.9 Å². The molecule has 3 aliphatic heterocycles. The van der Waals surface area contributed by atoms with Gasteiger partial charge in [-0.1, -0.05) is 50.1 Å². The van der Waals surface area contributed by atoms with Gasteiger partial charge in [0.1, 0.15) is 11.2 Å². The second-order valence-corrected chi connectivity index (χ2v) is 16.7. The molecule has 0 radical (unpaired) electrons. The van der Waals surface area contributed by atoms with Gasteiger partial charge in [-0.05, 0) is 73.7 Å². The highest BCUT2D eigenvalue weighted by Crippen LogP contribution is 2.68. The molecule has 0 unspecified atom stereocenters. The molecule has 1 aromatic heterocycles. The van der Waals surface area contributed by atoms with E-state index in [4.69, 9.17) is 18.9 Å². The van der Waals surface area contributed by atoms with Gasteiger partial charge in [-0.2, -0.15) is 0 Å². The summed E-state index contributed by atoms with van der Waals surface area (Å²) in [5, 5.41) is 14.4. The number of aromatic nitrogens is 1.